The molecule has 0 unspecified atom stereocenters. The van der Waals surface area contributed by atoms with Gasteiger partial charge in [-0.2, -0.15) is 0 Å². The van der Waals surface area contributed by atoms with Gasteiger partial charge in [-0.15, -0.1) is 0 Å². The maximum absolute atomic E-state index is 10.9. The summed E-state index contributed by atoms with van der Waals surface area (Å²) < 4.78 is 1.78. The summed E-state index contributed by atoms with van der Waals surface area (Å²) in [6.45, 7) is 3.78. The summed E-state index contributed by atoms with van der Waals surface area (Å²) in [7, 11) is 0. The first kappa shape index (κ1) is 12.1. The lowest BCUT2D eigenvalue weighted by molar-refractivity contribution is -0.384. The van der Waals surface area contributed by atoms with Gasteiger partial charge >= 0.3 is 0 Å². The molecule has 0 aliphatic rings. The van der Waals surface area contributed by atoms with E-state index in [0.717, 1.165) is 11.4 Å². The Balaban J connectivity index is 2.60. The van der Waals surface area contributed by atoms with E-state index in [1.54, 1.807) is 17.0 Å². The number of nitrogens with one attached hydrogen (secondary N) is 1. The fourth-order valence-corrected chi connectivity index (χ4v) is 1.68. The SMILES string of the molecule is Cc1ncn(-c2cc(NN)cc([N+](=O)[O-])c2)c1C. The van der Waals surface area contributed by atoms with E-state index in [9.17, 15) is 10.1 Å². The molecule has 18 heavy (non-hydrogen) atoms. The van der Waals surface area contributed by atoms with Crippen LogP contribution in [0.1, 0.15) is 11.4 Å². The van der Waals surface area contributed by atoms with Crippen LogP contribution in [0.2, 0.25) is 0 Å². The second-order valence-electron chi connectivity index (χ2n) is 3.92. The number of non-ortho nitro benzene ring substituents is 1. The zero-order valence-corrected chi connectivity index (χ0v) is 10.0. The number of hydrazine groups is 1. The molecule has 0 radical (unpaired) electrons. The number of nitrogens with two attached hydrogens (primary N) is 1. The molecule has 0 atom stereocenters. The van der Waals surface area contributed by atoms with Crippen molar-refractivity contribution in [3.05, 3.63) is 46.0 Å². The molecule has 2 aromatic rings. The average molecular weight is 247 g/mol. The number of rotatable bonds is 3. The molecule has 0 aliphatic carbocycles. The number of nitro groups is 1. The molecule has 7 heteroatoms. The Bertz CT molecular complexity index is 605. The van der Waals surface area contributed by atoms with Crippen molar-refractivity contribution in [1.82, 2.24) is 9.55 Å². The Kier molecular flexibility index (Phi) is 2.99. The van der Waals surface area contributed by atoms with Crippen LogP contribution in [0.15, 0.2) is 24.5 Å². The van der Waals surface area contributed by atoms with E-state index < -0.39 is 4.92 Å². The predicted molar refractivity (Wildman–Crippen MR) is 67.5 cm³/mol. The predicted octanol–water partition coefficient (Wildman–Crippen LogP) is 1.68. The van der Waals surface area contributed by atoms with Crippen LogP contribution < -0.4 is 11.3 Å². The summed E-state index contributed by atoms with van der Waals surface area (Å²) in [6.07, 6.45) is 1.63. The second-order valence-corrected chi connectivity index (χ2v) is 3.92. The summed E-state index contributed by atoms with van der Waals surface area (Å²) in [4.78, 5) is 14.6. The van der Waals surface area contributed by atoms with Crippen LogP contribution in [-0.2, 0) is 0 Å². The lowest BCUT2D eigenvalue weighted by Gasteiger charge is -2.08. The first-order valence-electron chi connectivity index (χ1n) is 5.30. The third kappa shape index (κ3) is 2.03. The van der Waals surface area contributed by atoms with Crippen LogP contribution >= 0.6 is 0 Å². The monoisotopic (exact) mass is 247 g/mol. The number of aromatic nitrogens is 2. The van der Waals surface area contributed by atoms with E-state index in [-0.39, 0.29) is 5.69 Å². The zero-order chi connectivity index (χ0) is 13.3. The number of aryl methyl sites for hydroxylation is 1. The second kappa shape index (κ2) is 4.46. The number of anilines is 1. The highest BCUT2D eigenvalue weighted by molar-refractivity contribution is 5.58. The highest BCUT2D eigenvalue weighted by atomic mass is 16.6. The Morgan fingerprint density at radius 3 is 2.61 bits per heavy atom. The molecular formula is C11H13N5O2. The van der Waals surface area contributed by atoms with Crippen LogP contribution in [0.4, 0.5) is 11.4 Å². The summed E-state index contributed by atoms with van der Waals surface area (Å²) in [6, 6.07) is 4.58. The van der Waals surface area contributed by atoms with Gasteiger partial charge in [0.2, 0.25) is 0 Å². The quantitative estimate of drug-likeness (QED) is 0.488. The topological polar surface area (TPSA) is 99.0 Å². The van der Waals surface area contributed by atoms with Gasteiger partial charge in [-0.3, -0.25) is 16.0 Å². The molecule has 94 valence electrons. The third-order valence-electron chi connectivity index (χ3n) is 2.81. The van der Waals surface area contributed by atoms with Gasteiger partial charge in [0.15, 0.2) is 0 Å². The van der Waals surface area contributed by atoms with Crippen LogP contribution in [-0.4, -0.2) is 14.5 Å². The first-order valence-corrected chi connectivity index (χ1v) is 5.30. The molecule has 0 saturated heterocycles. The van der Waals surface area contributed by atoms with Crippen LogP contribution in [0.25, 0.3) is 5.69 Å². The molecule has 0 bridgehead atoms. The molecule has 3 N–H and O–H groups in total. The van der Waals surface area contributed by atoms with Gasteiger partial charge < -0.3 is 9.99 Å². The largest absolute Gasteiger partial charge is 0.324 e. The minimum absolute atomic E-state index is 0.0220. The van der Waals surface area contributed by atoms with Crippen molar-refractivity contribution in [2.24, 2.45) is 5.84 Å². The van der Waals surface area contributed by atoms with Crippen molar-refractivity contribution < 1.29 is 4.92 Å². The lowest BCUT2D eigenvalue weighted by Crippen LogP contribution is -2.08. The standard InChI is InChI=1S/C11H13N5O2/c1-7-8(2)15(6-13-7)10-3-9(14-12)4-11(5-10)16(17)18/h3-6,14H,12H2,1-2H3. The van der Waals surface area contributed by atoms with E-state index in [4.69, 9.17) is 5.84 Å². The van der Waals surface area contributed by atoms with Crippen LogP contribution in [0, 0.1) is 24.0 Å². The summed E-state index contributed by atoms with van der Waals surface area (Å²) >= 11 is 0. The van der Waals surface area contributed by atoms with Crippen LogP contribution in [0.3, 0.4) is 0 Å². The maximum atomic E-state index is 10.9. The summed E-state index contributed by atoms with van der Waals surface area (Å²) in [5.74, 6) is 5.31. The maximum Gasteiger partial charge on any atom is 0.273 e. The normalized spacial score (nSPS) is 10.4. The van der Waals surface area contributed by atoms with Gasteiger partial charge in [0.25, 0.3) is 5.69 Å². The number of nitrogens with zero attached hydrogens (tertiary/aromatic N) is 3. The van der Waals surface area contributed by atoms with Crippen LogP contribution in [0.5, 0.6) is 0 Å². The Morgan fingerprint density at radius 2 is 2.11 bits per heavy atom. The lowest BCUT2D eigenvalue weighted by atomic mass is 10.2. The first-order chi connectivity index (χ1) is 8.52. The molecule has 0 spiro atoms. The molecule has 0 aliphatic heterocycles. The minimum atomic E-state index is -0.455. The van der Waals surface area contributed by atoms with Crippen molar-refractivity contribution in [3.63, 3.8) is 0 Å². The van der Waals surface area contributed by atoms with E-state index in [1.165, 1.54) is 12.1 Å². The van der Waals surface area contributed by atoms with E-state index in [0.29, 0.717) is 11.4 Å². The van der Waals surface area contributed by atoms with E-state index >= 15 is 0 Å². The molecule has 1 aromatic heterocycles. The summed E-state index contributed by atoms with van der Waals surface area (Å²) in [5, 5.41) is 10.9. The smallest absolute Gasteiger partial charge is 0.273 e. The van der Waals surface area contributed by atoms with E-state index in [2.05, 4.69) is 10.4 Å². The molecule has 0 saturated carbocycles. The van der Waals surface area contributed by atoms with Gasteiger partial charge in [-0.05, 0) is 19.9 Å². The number of benzene rings is 1. The van der Waals surface area contributed by atoms with Crippen molar-refractivity contribution in [2.45, 2.75) is 13.8 Å². The fourth-order valence-electron chi connectivity index (χ4n) is 1.68. The molecule has 2 rings (SSSR count). The van der Waals surface area contributed by atoms with Crippen molar-refractivity contribution in [1.29, 1.82) is 0 Å². The van der Waals surface area contributed by atoms with Crippen molar-refractivity contribution in [3.8, 4) is 5.69 Å². The molecule has 0 amide bonds. The molecule has 7 nitrogen and oxygen atoms in total. The van der Waals surface area contributed by atoms with Crippen molar-refractivity contribution in [2.75, 3.05) is 5.43 Å². The number of hydrogen-bond acceptors (Lipinski definition) is 5. The number of hydrogen-bond donors (Lipinski definition) is 2. The average Bonchev–Trinajstić information content (AvgIpc) is 2.69. The fraction of sp³-hybridized carbons (Fsp3) is 0.182. The third-order valence-corrected chi connectivity index (χ3v) is 2.81. The number of nitro benzene ring substituents is 1. The number of nitrogen functional groups attached to an aromatic ring is 1. The van der Waals surface area contributed by atoms with Gasteiger partial charge in [0.1, 0.15) is 0 Å². The molecule has 1 heterocycles. The van der Waals surface area contributed by atoms with Crippen molar-refractivity contribution >= 4 is 11.4 Å². The highest BCUT2D eigenvalue weighted by Crippen LogP contribution is 2.24. The summed E-state index contributed by atoms with van der Waals surface area (Å²) in [5.41, 5.74) is 5.33. The van der Waals surface area contributed by atoms with Gasteiger partial charge in [-0.25, -0.2) is 4.98 Å². The minimum Gasteiger partial charge on any atom is -0.324 e. The Labute approximate surface area is 103 Å². The van der Waals surface area contributed by atoms with E-state index in [1.807, 2.05) is 13.8 Å². The van der Waals surface area contributed by atoms with Gasteiger partial charge in [-0.1, -0.05) is 0 Å². The number of imidazole rings is 1. The Hall–Kier alpha value is -2.41. The molecule has 1 aromatic carbocycles. The Morgan fingerprint density at radius 1 is 1.39 bits per heavy atom. The van der Waals surface area contributed by atoms with Gasteiger partial charge in [0.05, 0.1) is 28.3 Å². The molecule has 0 fully saturated rings. The molecular weight excluding hydrogens is 234 g/mol. The zero-order valence-electron chi connectivity index (χ0n) is 10.0. The highest BCUT2D eigenvalue weighted by Gasteiger charge is 2.12. The van der Waals surface area contributed by atoms with Gasteiger partial charge in [0, 0.05) is 17.8 Å².